The van der Waals surface area contributed by atoms with Crippen molar-refractivity contribution in [2.45, 2.75) is 6.92 Å². The molecule has 16 heavy (non-hydrogen) atoms. The van der Waals surface area contributed by atoms with Gasteiger partial charge in [-0.1, -0.05) is 12.1 Å². The number of hydrogen-bond acceptors (Lipinski definition) is 3. The number of hydrogen-bond donors (Lipinski definition) is 2. The summed E-state index contributed by atoms with van der Waals surface area (Å²) in [6.07, 6.45) is 0. The quantitative estimate of drug-likeness (QED) is 0.476. The molecule has 4 nitrogen and oxygen atoms in total. The second-order valence-corrected chi connectivity index (χ2v) is 4.27. The molecular weight excluding hydrogens is 270 g/mol. The summed E-state index contributed by atoms with van der Waals surface area (Å²) < 4.78 is 0.861. The Bertz CT molecular complexity index is 568. The first-order valence-electron chi connectivity index (χ1n) is 4.70. The number of rotatable bonds is 1. The molecule has 3 N–H and O–H groups in total. The monoisotopic (exact) mass is 279 g/mol. The van der Waals surface area contributed by atoms with Gasteiger partial charge in [-0.25, -0.2) is 5.84 Å². The highest BCUT2D eigenvalue weighted by Crippen LogP contribution is 2.25. The molecule has 5 heteroatoms. The van der Waals surface area contributed by atoms with Gasteiger partial charge in [0.15, 0.2) is 0 Å². The molecule has 0 atom stereocenters. The Kier molecular flexibility index (Phi) is 2.89. The van der Waals surface area contributed by atoms with E-state index in [2.05, 4.69) is 26.3 Å². The lowest BCUT2D eigenvalue weighted by Gasteiger charge is -2.07. The molecule has 0 fully saturated rings. The molecule has 0 saturated carbocycles. The molecule has 0 aliphatic rings. The molecule has 82 valence electrons. The number of amides is 1. The molecule has 0 spiro atoms. The molecule has 0 aliphatic heterocycles. The zero-order chi connectivity index (χ0) is 11.7. The Hall–Kier alpha value is -1.46. The number of halogens is 1. The third-order valence-corrected chi connectivity index (χ3v) is 2.93. The van der Waals surface area contributed by atoms with Crippen LogP contribution in [0, 0.1) is 6.92 Å². The predicted molar refractivity (Wildman–Crippen MR) is 65.8 cm³/mol. The summed E-state index contributed by atoms with van der Waals surface area (Å²) in [6.45, 7) is 1.84. The standard InChI is InChI=1S/C11H10BrN3O/c1-6-5-8(11(16)15-13)7-3-2-4-9(12)10(7)14-6/h2-5H,13H2,1H3,(H,15,16). The van der Waals surface area contributed by atoms with Crippen LogP contribution in [0.1, 0.15) is 16.1 Å². The number of carbonyl (C=O) groups excluding carboxylic acids is 1. The van der Waals surface area contributed by atoms with Crippen molar-refractivity contribution in [3.05, 3.63) is 40.0 Å². The van der Waals surface area contributed by atoms with E-state index in [4.69, 9.17) is 5.84 Å². The molecule has 0 bridgehead atoms. The molecule has 2 aromatic rings. The lowest BCUT2D eigenvalue weighted by Crippen LogP contribution is -2.30. The summed E-state index contributed by atoms with van der Waals surface area (Å²) in [5.74, 6) is 4.84. The summed E-state index contributed by atoms with van der Waals surface area (Å²) in [4.78, 5) is 16.0. The maximum absolute atomic E-state index is 11.6. The Morgan fingerprint density at radius 2 is 2.25 bits per heavy atom. The first-order valence-corrected chi connectivity index (χ1v) is 5.49. The molecule has 0 radical (unpaired) electrons. The number of para-hydroxylation sites is 1. The van der Waals surface area contributed by atoms with E-state index in [-0.39, 0.29) is 5.91 Å². The molecule has 1 amide bonds. The molecule has 0 saturated heterocycles. The molecule has 0 unspecified atom stereocenters. The van der Waals surface area contributed by atoms with Crippen LogP contribution in [0.4, 0.5) is 0 Å². The Morgan fingerprint density at radius 3 is 2.94 bits per heavy atom. The van der Waals surface area contributed by atoms with Gasteiger partial charge < -0.3 is 0 Å². The van der Waals surface area contributed by atoms with Crippen LogP contribution >= 0.6 is 15.9 Å². The summed E-state index contributed by atoms with van der Waals surface area (Å²) in [5, 5.41) is 0.780. The predicted octanol–water partition coefficient (Wildman–Crippen LogP) is 1.91. The van der Waals surface area contributed by atoms with Crippen LogP contribution in [0.3, 0.4) is 0 Å². The van der Waals surface area contributed by atoms with Gasteiger partial charge in [-0.05, 0) is 35.0 Å². The fourth-order valence-electron chi connectivity index (χ4n) is 1.61. The number of aromatic nitrogens is 1. The van der Waals surface area contributed by atoms with Gasteiger partial charge in [0.05, 0.1) is 11.1 Å². The van der Waals surface area contributed by atoms with Gasteiger partial charge in [-0.2, -0.15) is 0 Å². The number of nitrogens with one attached hydrogen (secondary N) is 1. The second-order valence-electron chi connectivity index (χ2n) is 3.42. The fourth-order valence-corrected chi connectivity index (χ4v) is 2.06. The first-order chi connectivity index (χ1) is 7.63. The van der Waals surface area contributed by atoms with E-state index < -0.39 is 0 Å². The number of nitrogen functional groups attached to an aromatic ring is 1. The summed E-state index contributed by atoms with van der Waals surface area (Å²) in [6, 6.07) is 7.31. The highest BCUT2D eigenvalue weighted by atomic mass is 79.9. The minimum Gasteiger partial charge on any atom is -0.290 e. The molecular formula is C11H10BrN3O. The maximum atomic E-state index is 11.6. The van der Waals surface area contributed by atoms with Gasteiger partial charge in [0.1, 0.15) is 0 Å². The van der Waals surface area contributed by atoms with Crippen molar-refractivity contribution >= 4 is 32.7 Å². The number of benzene rings is 1. The number of fused-ring (bicyclic) bond motifs is 1. The Labute approximate surface area is 101 Å². The van der Waals surface area contributed by atoms with Crippen molar-refractivity contribution in [3.63, 3.8) is 0 Å². The average molecular weight is 280 g/mol. The van der Waals surface area contributed by atoms with Crippen molar-refractivity contribution in [1.29, 1.82) is 0 Å². The number of nitrogens with zero attached hydrogens (tertiary/aromatic N) is 1. The number of nitrogens with two attached hydrogens (primary N) is 1. The SMILES string of the molecule is Cc1cc(C(=O)NN)c2cccc(Br)c2n1. The molecule has 1 aromatic carbocycles. The summed E-state index contributed by atoms with van der Waals surface area (Å²) >= 11 is 3.41. The van der Waals surface area contributed by atoms with Gasteiger partial charge >= 0.3 is 0 Å². The normalized spacial score (nSPS) is 10.4. The molecule has 0 aliphatic carbocycles. The number of pyridine rings is 1. The van der Waals surface area contributed by atoms with E-state index in [0.717, 1.165) is 21.1 Å². The lowest BCUT2D eigenvalue weighted by molar-refractivity contribution is 0.0955. The number of hydrazine groups is 1. The van der Waals surface area contributed by atoms with Gasteiger partial charge in [-0.15, -0.1) is 0 Å². The van der Waals surface area contributed by atoms with Crippen LogP contribution in [-0.2, 0) is 0 Å². The zero-order valence-electron chi connectivity index (χ0n) is 8.62. The van der Waals surface area contributed by atoms with E-state index >= 15 is 0 Å². The average Bonchev–Trinajstić information content (AvgIpc) is 2.28. The lowest BCUT2D eigenvalue weighted by atomic mass is 10.1. The van der Waals surface area contributed by atoms with Crippen LogP contribution in [0.2, 0.25) is 0 Å². The van der Waals surface area contributed by atoms with Crippen LogP contribution in [0.15, 0.2) is 28.7 Å². The van der Waals surface area contributed by atoms with E-state index in [1.807, 2.05) is 25.1 Å². The molecule has 1 aromatic heterocycles. The maximum Gasteiger partial charge on any atom is 0.265 e. The Balaban J connectivity index is 2.83. The Morgan fingerprint density at radius 1 is 1.50 bits per heavy atom. The van der Waals surface area contributed by atoms with E-state index in [0.29, 0.717) is 5.56 Å². The van der Waals surface area contributed by atoms with Crippen LogP contribution in [-0.4, -0.2) is 10.9 Å². The topological polar surface area (TPSA) is 68.0 Å². The van der Waals surface area contributed by atoms with E-state index in [1.165, 1.54) is 0 Å². The van der Waals surface area contributed by atoms with Gasteiger partial charge in [0, 0.05) is 15.6 Å². The third kappa shape index (κ3) is 1.79. The van der Waals surface area contributed by atoms with Crippen molar-refractivity contribution in [2.75, 3.05) is 0 Å². The summed E-state index contributed by atoms with van der Waals surface area (Å²) in [7, 11) is 0. The van der Waals surface area contributed by atoms with Crippen LogP contribution in [0.25, 0.3) is 10.9 Å². The molecule has 2 rings (SSSR count). The zero-order valence-corrected chi connectivity index (χ0v) is 10.2. The van der Waals surface area contributed by atoms with Crippen LogP contribution < -0.4 is 11.3 Å². The van der Waals surface area contributed by atoms with Gasteiger partial charge in [0.2, 0.25) is 0 Å². The fraction of sp³-hybridized carbons (Fsp3) is 0.0909. The van der Waals surface area contributed by atoms with Crippen molar-refractivity contribution in [3.8, 4) is 0 Å². The number of carbonyl (C=O) groups is 1. The summed E-state index contributed by atoms with van der Waals surface area (Å²) in [5.41, 5.74) is 4.21. The number of aryl methyl sites for hydroxylation is 1. The van der Waals surface area contributed by atoms with Gasteiger partial charge in [0.25, 0.3) is 5.91 Å². The van der Waals surface area contributed by atoms with Crippen molar-refractivity contribution in [1.82, 2.24) is 10.4 Å². The van der Waals surface area contributed by atoms with Gasteiger partial charge in [-0.3, -0.25) is 15.2 Å². The van der Waals surface area contributed by atoms with Crippen molar-refractivity contribution in [2.24, 2.45) is 5.84 Å². The van der Waals surface area contributed by atoms with Crippen molar-refractivity contribution < 1.29 is 4.79 Å². The highest BCUT2D eigenvalue weighted by molar-refractivity contribution is 9.10. The first kappa shape index (κ1) is 11.0. The highest BCUT2D eigenvalue weighted by Gasteiger charge is 2.11. The van der Waals surface area contributed by atoms with E-state index in [1.54, 1.807) is 6.07 Å². The minimum atomic E-state index is -0.311. The van der Waals surface area contributed by atoms with Crippen LogP contribution in [0.5, 0.6) is 0 Å². The minimum absolute atomic E-state index is 0.311. The second kappa shape index (κ2) is 4.19. The largest absolute Gasteiger partial charge is 0.290 e. The van der Waals surface area contributed by atoms with E-state index in [9.17, 15) is 4.79 Å². The molecule has 1 heterocycles. The third-order valence-electron chi connectivity index (χ3n) is 2.29. The smallest absolute Gasteiger partial charge is 0.265 e.